The molecule has 0 fully saturated rings. The van der Waals surface area contributed by atoms with Crippen LogP contribution in [0.3, 0.4) is 0 Å². The normalized spacial score (nSPS) is 9.71. The molecule has 0 spiro atoms. The zero-order chi connectivity index (χ0) is 12.3. The Bertz CT molecular complexity index is 585. The van der Waals surface area contributed by atoms with E-state index in [-0.39, 0.29) is 0 Å². The molecule has 0 saturated heterocycles. The highest BCUT2D eigenvalue weighted by Gasteiger charge is 2.05. The van der Waals surface area contributed by atoms with E-state index >= 15 is 0 Å². The molecule has 0 aliphatic carbocycles. The lowest BCUT2D eigenvalue weighted by Crippen LogP contribution is -1.91. The van der Waals surface area contributed by atoms with Crippen molar-refractivity contribution in [3.8, 4) is 23.1 Å². The highest BCUT2D eigenvalue weighted by atomic mass is 16.5. The van der Waals surface area contributed by atoms with Crippen LogP contribution >= 0.6 is 0 Å². The van der Waals surface area contributed by atoms with Gasteiger partial charge in [0.2, 0.25) is 0 Å². The first-order valence-corrected chi connectivity index (χ1v) is 5.26. The molecule has 1 heterocycles. The Morgan fingerprint density at radius 3 is 2.76 bits per heavy atom. The summed E-state index contributed by atoms with van der Waals surface area (Å²) in [6, 6.07) is 11.6. The van der Waals surface area contributed by atoms with E-state index in [1.165, 1.54) is 0 Å². The van der Waals surface area contributed by atoms with Crippen molar-refractivity contribution in [2.75, 3.05) is 7.11 Å². The molecule has 0 aliphatic rings. The quantitative estimate of drug-likeness (QED) is 0.787. The minimum Gasteiger partial charge on any atom is -0.497 e. The molecule has 3 heteroatoms. The van der Waals surface area contributed by atoms with Crippen molar-refractivity contribution in [1.29, 1.82) is 5.26 Å². The number of nitrogens with zero attached hydrogens (tertiary/aromatic N) is 2. The summed E-state index contributed by atoms with van der Waals surface area (Å²) in [5.41, 5.74) is 3.43. The van der Waals surface area contributed by atoms with E-state index in [9.17, 15) is 0 Å². The van der Waals surface area contributed by atoms with Crippen LogP contribution in [0.5, 0.6) is 5.75 Å². The van der Waals surface area contributed by atoms with Crippen LogP contribution in [0.15, 0.2) is 36.5 Å². The van der Waals surface area contributed by atoms with Crippen LogP contribution in [0.25, 0.3) is 11.3 Å². The SMILES string of the molecule is COc1cccc(-c2ncc(C#N)cc2C)c1. The first-order valence-electron chi connectivity index (χ1n) is 5.26. The van der Waals surface area contributed by atoms with Crippen molar-refractivity contribution < 1.29 is 4.74 Å². The summed E-state index contributed by atoms with van der Waals surface area (Å²) in [4.78, 5) is 4.32. The van der Waals surface area contributed by atoms with Crippen molar-refractivity contribution in [3.63, 3.8) is 0 Å². The molecule has 0 amide bonds. The zero-order valence-corrected chi connectivity index (χ0v) is 9.77. The second kappa shape index (κ2) is 4.67. The Morgan fingerprint density at radius 2 is 2.12 bits per heavy atom. The van der Waals surface area contributed by atoms with Crippen molar-refractivity contribution in [1.82, 2.24) is 4.98 Å². The summed E-state index contributed by atoms with van der Waals surface area (Å²) in [6.07, 6.45) is 1.59. The van der Waals surface area contributed by atoms with Gasteiger partial charge in [0.1, 0.15) is 11.8 Å². The van der Waals surface area contributed by atoms with E-state index in [4.69, 9.17) is 10.00 Å². The number of hydrogen-bond donors (Lipinski definition) is 0. The predicted molar refractivity (Wildman–Crippen MR) is 65.7 cm³/mol. The van der Waals surface area contributed by atoms with Gasteiger partial charge >= 0.3 is 0 Å². The van der Waals surface area contributed by atoms with E-state index < -0.39 is 0 Å². The van der Waals surface area contributed by atoms with Gasteiger partial charge < -0.3 is 4.74 Å². The first kappa shape index (κ1) is 11.2. The number of benzene rings is 1. The van der Waals surface area contributed by atoms with Crippen molar-refractivity contribution in [3.05, 3.63) is 47.7 Å². The van der Waals surface area contributed by atoms with Gasteiger partial charge in [-0.3, -0.25) is 4.98 Å². The minimum absolute atomic E-state index is 0.578. The molecular weight excluding hydrogens is 212 g/mol. The smallest absolute Gasteiger partial charge is 0.119 e. The highest BCUT2D eigenvalue weighted by Crippen LogP contribution is 2.24. The van der Waals surface area contributed by atoms with Crippen LogP contribution < -0.4 is 4.74 Å². The Hall–Kier alpha value is -2.34. The van der Waals surface area contributed by atoms with Crippen LogP contribution in [-0.2, 0) is 0 Å². The number of ether oxygens (including phenoxy) is 1. The van der Waals surface area contributed by atoms with Crippen molar-refractivity contribution >= 4 is 0 Å². The molecule has 0 bridgehead atoms. The predicted octanol–water partition coefficient (Wildman–Crippen LogP) is 2.94. The summed E-state index contributed by atoms with van der Waals surface area (Å²) < 4.78 is 5.18. The second-order valence-electron chi connectivity index (χ2n) is 3.73. The van der Waals surface area contributed by atoms with Crippen LogP contribution in [0.4, 0.5) is 0 Å². The average molecular weight is 224 g/mol. The number of rotatable bonds is 2. The maximum absolute atomic E-state index is 8.80. The summed E-state index contributed by atoms with van der Waals surface area (Å²) in [7, 11) is 1.64. The molecule has 3 nitrogen and oxygen atoms in total. The lowest BCUT2D eigenvalue weighted by molar-refractivity contribution is 0.415. The summed E-state index contributed by atoms with van der Waals surface area (Å²) in [5.74, 6) is 0.799. The van der Waals surface area contributed by atoms with Gasteiger partial charge in [-0.25, -0.2) is 0 Å². The third kappa shape index (κ3) is 2.26. The molecule has 2 aromatic rings. The third-order valence-corrected chi connectivity index (χ3v) is 2.55. The average Bonchev–Trinajstić information content (AvgIpc) is 2.38. The summed E-state index contributed by atoms with van der Waals surface area (Å²) in [5, 5.41) is 8.80. The molecule has 17 heavy (non-hydrogen) atoms. The van der Waals surface area contributed by atoms with Gasteiger partial charge in [0.05, 0.1) is 18.4 Å². The number of nitriles is 1. The lowest BCUT2D eigenvalue weighted by Gasteiger charge is -2.06. The fourth-order valence-electron chi connectivity index (χ4n) is 1.71. The monoisotopic (exact) mass is 224 g/mol. The third-order valence-electron chi connectivity index (χ3n) is 2.55. The van der Waals surface area contributed by atoms with E-state index in [1.54, 1.807) is 13.3 Å². The number of methoxy groups -OCH3 is 1. The number of pyridine rings is 1. The molecule has 0 aliphatic heterocycles. The van der Waals surface area contributed by atoms with E-state index in [1.807, 2.05) is 37.3 Å². The van der Waals surface area contributed by atoms with Gasteiger partial charge in [-0.05, 0) is 30.7 Å². The van der Waals surface area contributed by atoms with Gasteiger partial charge in [-0.15, -0.1) is 0 Å². The van der Waals surface area contributed by atoms with E-state index in [0.717, 1.165) is 22.6 Å². The molecule has 0 radical (unpaired) electrons. The van der Waals surface area contributed by atoms with Gasteiger partial charge in [0, 0.05) is 11.8 Å². The Labute approximate surface area is 100 Å². The van der Waals surface area contributed by atoms with Gasteiger partial charge in [-0.2, -0.15) is 5.26 Å². The van der Waals surface area contributed by atoms with Crippen LogP contribution in [0.1, 0.15) is 11.1 Å². The summed E-state index contributed by atoms with van der Waals surface area (Å²) in [6.45, 7) is 1.95. The van der Waals surface area contributed by atoms with Crippen molar-refractivity contribution in [2.24, 2.45) is 0 Å². The Balaban J connectivity index is 2.49. The molecule has 2 rings (SSSR count). The largest absolute Gasteiger partial charge is 0.497 e. The molecule has 84 valence electrons. The van der Waals surface area contributed by atoms with Crippen LogP contribution in [0.2, 0.25) is 0 Å². The van der Waals surface area contributed by atoms with Crippen LogP contribution in [-0.4, -0.2) is 12.1 Å². The zero-order valence-electron chi connectivity index (χ0n) is 9.77. The van der Waals surface area contributed by atoms with Gasteiger partial charge in [0.25, 0.3) is 0 Å². The van der Waals surface area contributed by atoms with E-state index in [0.29, 0.717) is 5.56 Å². The molecular formula is C14H12N2O. The van der Waals surface area contributed by atoms with Gasteiger partial charge in [-0.1, -0.05) is 12.1 Å². The summed E-state index contributed by atoms with van der Waals surface area (Å²) >= 11 is 0. The van der Waals surface area contributed by atoms with Crippen LogP contribution in [0, 0.1) is 18.3 Å². The molecule has 1 aromatic heterocycles. The second-order valence-corrected chi connectivity index (χ2v) is 3.73. The standard InChI is InChI=1S/C14H12N2O/c1-10-6-11(8-15)9-16-14(10)12-4-3-5-13(7-12)17-2/h3-7,9H,1-2H3. The first-order chi connectivity index (χ1) is 8.24. The lowest BCUT2D eigenvalue weighted by atomic mass is 10.1. The fourth-order valence-corrected chi connectivity index (χ4v) is 1.71. The highest BCUT2D eigenvalue weighted by molar-refractivity contribution is 5.65. The molecule has 0 saturated carbocycles. The Morgan fingerprint density at radius 1 is 1.29 bits per heavy atom. The van der Waals surface area contributed by atoms with Crippen molar-refractivity contribution in [2.45, 2.75) is 6.92 Å². The maximum Gasteiger partial charge on any atom is 0.119 e. The van der Waals surface area contributed by atoms with Gasteiger partial charge in [0.15, 0.2) is 0 Å². The van der Waals surface area contributed by atoms with E-state index in [2.05, 4.69) is 11.1 Å². The molecule has 0 unspecified atom stereocenters. The molecule has 0 N–H and O–H groups in total. The fraction of sp³-hybridized carbons (Fsp3) is 0.143. The minimum atomic E-state index is 0.578. The Kier molecular flexibility index (Phi) is 3.06. The topological polar surface area (TPSA) is 45.9 Å². The number of hydrogen-bond acceptors (Lipinski definition) is 3. The molecule has 0 atom stereocenters. The maximum atomic E-state index is 8.80. The number of aryl methyl sites for hydroxylation is 1. The number of aromatic nitrogens is 1. The molecule has 1 aromatic carbocycles.